The molecule has 1 radical (unpaired) electrons. The van der Waals surface area contributed by atoms with Crippen molar-refractivity contribution in [3.05, 3.63) is 67.2 Å². The predicted molar refractivity (Wildman–Crippen MR) is 108 cm³/mol. The molecule has 8 nitrogen and oxygen atoms in total. The fourth-order valence-electron chi connectivity index (χ4n) is 1.02. The van der Waals surface area contributed by atoms with Gasteiger partial charge in [0.15, 0.2) is 0 Å². The Morgan fingerprint density at radius 2 is 1.25 bits per heavy atom. The first kappa shape index (κ1) is 43.3. The number of pyridine rings is 1. The normalized spacial score (nSPS) is 5.17. The van der Waals surface area contributed by atoms with Gasteiger partial charge in [0, 0.05) is 28.7 Å². The summed E-state index contributed by atoms with van der Waals surface area (Å²) in [6.45, 7) is 0. The van der Waals surface area contributed by atoms with E-state index in [1.165, 1.54) is 10.8 Å². The molecule has 0 unspecified atom stereocenters. The number of nitriles is 1. The Morgan fingerprint density at radius 1 is 0.917 bits per heavy atom. The maximum atomic E-state index is 7.18. The van der Waals surface area contributed by atoms with Crippen LogP contribution in [0.1, 0.15) is 0 Å². The van der Waals surface area contributed by atoms with Crippen LogP contribution >= 0.6 is 37.1 Å². The minimum atomic E-state index is 0. The zero-order chi connectivity index (χ0) is 14.9. The van der Waals surface area contributed by atoms with Crippen molar-refractivity contribution in [1.82, 2.24) is 4.98 Å². The molecule has 0 fully saturated rings. The van der Waals surface area contributed by atoms with E-state index in [0.717, 1.165) is 5.52 Å². The summed E-state index contributed by atoms with van der Waals surface area (Å²) in [5, 5.41) is 24.5. The summed E-state index contributed by atoms with van der Waals surface area (Å²) in [6, 6.07) is 12.1. The number of hydrogen-bond acceptors (Lipinski definition) is 7. The predicted octanol–water partition coefficient (Wildman–Crippen LogP) is 6.83. The quantitative estimate of drug-likeness (QED) is 0.133. The molecular formula is C12H18CuN8S3-4. The summed E-state index contributed by atoms with van der Waals surface area (Å²) in [5.41, 5.74) is 1.06. The molecule has 1 aromatic carbocycles. The number of rotatable bonds is 0. The molecular weight excluding hydrogens is 416 g/mol. The number of hydrogen-bond donors (Lipinski definition) is 3. The average molecular weight is 434 g/mol. The maximum Gasteiger partial charge on any atom is 0.130 e. The van der Waals surface area contributed by atoms with E-state index in [-0.39, 0.29) is 41.7 Å². The second-order valence-corrected chi connectivity index (χ2v) is 3.11. The Labute approximate surface area is 168 Å². The number of nitrogens with one attached hydrogen (secondary N) is 2. The van der Waals surface area contributed by atoms with Crippen molar-refractivity contribution in [2.45, 2.75) is 0 Å². The Morgan fingerprint density at radius 3 is 1.62 bits per heavy atom. The summed E-state index contributed by atoms with van der Waals surface area (Å²) in [7, 11) is 0. The SMILES string of the molecule is N#CS.N=C=S.N=C=S.[Cu].[NH2-].[NH2-].[NH2-].[NH2-].c1ccc2ncccc2c1. The topological polar surface area (TPSA) is 218 Å². The van der Waals surface area contributed by atoms with E-state index in [9.17, 15) is 0 Å². The van der Waals surface area contributed by atoms with Gasteiger partial charge in [-0.15, -0.1) is 0 Å². The monoisotopic (exact) mass is 433 g/mol. The van der Waals surface area contributed by atoms with Crippen molar-refractivity contribution in [2.75, 3.05) is 0 Å². The van der Waals surface area contributed by atoms with Gasteiger partial charge in [0.05, 0.1) is 15.8 Å². The maximum absolute atomic E-state index is 7.18. The van der Waals surface area contributed by atoms with Crippen molar-refractivity contribution >= 4 is 58.3 Å². The Kier molecular flexibility index (Phi) is 67.7. The van der Waals surface area contributed by atoms with Crippen molar-refractivity contribution < 1.29 is 17.1 Å². The molecule has 0 spiro atoms. The molecule has 2 aromatic rings. The van der Waals surface area contributed by atoms with Gasteiger partial charge in [-0.1, -0.05) is 36.9 Å². The van der Waals surface area contributed by atoms with E-state index in [1.807, 2.05) is 30.5 Å². The minimum absolute atomic E-state index is 0. The molecule has 0 saturated carbocycles. The summed E-state index contributed by atoms with van der Waals surface area (Å²) in [6.07, 6.45) is 1.81. The zero-order valence-electron chi connectivity index (χ0n) is 12.3. The van der Waals surface area contributed by atoms with Gasteiger partial charge in [0.2, 0.25) is 0 Å². The number of thiocarbonyl (C=S) groups is 2. The number of fused-ring (bicyclic) bond motifs is 1. The van der Waals surface area contributed by atoms with Crippen LogP contribution in [0.2, 0.25) is 0 Å². The molecule has 0 saturated heterocycles. The molecule has 0 aliphatic heterocycles. The third-order valence-electron chi connectivity index (χ3n) is 1.51. The molecule has 2 rings (SSSR count). The number of nitrogens with two attached hydrogens (primary N) is 4. The van der Waals surface area contributed by atoms with Crippen molar-refractivity contribution in [1.29, 1.82) is 16.1 Å². The first-order valence-corrected chi connectivity index (χ1v) is 5.88. The molecule has 1 heterocycles. The molecule has 139 valence electrons. The van der Waals surface area contributed by atoms with Gasteiger partial charge in [-0.2, -0.15) is 5.26 Å². The molecule has 0 bridgehead atoms. The van der Waals surface area contributed by atoms with Crippen LogP contribution in [0.15, 0.2) is 42.6 Å². The number of isothiocyanates is 2. The second kappa shape index (κ2) is 37.6. The van der Waals surface area contributed by atoms with E-state index in [2.05, 4.69) is 54.2 Å². The largest absolute Gasteiger partial charge is 0.693 e. The fraction of sp³-hybridized carbons (Fsp3) is 0. The van der Waals surface area contributed by atoms with Crippen LogP contribution in [0, 0.1) is 21.5 Å². The third-order valence-corrected chi connectivity index (χ3v) is 1.51. The van der Waals surface area contributed by atoms with Crippen LogP contribution in [0.4, 0.5) is 0 Å². The summed E-state index contributed by atoms with van der Waals surface area (Å²) in [4.78, 5) is 4.18. The first-order valence-electron chi connectivity index (χ1n) is 4.62. The number of thiol groups is 1. The molecule has 0 amide bonds. The van der Waals surface area contributed by atoms with Gasteiger partial charge in [0.25, 0.3) is 0 Å². The van der Waals surface area contributed by atoms with Crippen LogP contribution in [0.5, 0.6) is 0 Å². The third kappa shape index (κ3) is 28.6. The van der Waals surface area contributed by atoms with Gasteiger partial charge < -0.3 is 24.6 Å². The van der Waals surface area contributed by atoms with E-state index in [4.69, 9.17) is 16.1 Å². The van der Waals surface area contributed by atoms with E-state index in [0.29, 0.717) is 0 Å². The Balaban J connectivity index is -0.0000000364. The van der Waals surface area contributed by atoms with E-state index in [1.54, 1.807) is 10.3 Å². The van der Waals surface area contributed by atoms with Gasteiger partial charge in [0.1, 0.15) is 5.40 Å². The standard InChI is InChI=1S/C9H7N.3CHNS.Cu.4H2N/c1-2-6-9-8(4-1)5-3-7-10-9;3*2-1-3;;;;;/h1-7H;3H;2*2H;;4*1H2/q;;;;;4*-1. The number of thiocyanates is 1. The summed E-state index contributed by atoms with van der Waals surface area (Å²) < 4.78 is 0. The zero-order valence-corrected chi connectivity index (χ0v) is 15.8. The Bertz CT molecular complexity index is 517. The summed E-state index contributed by atoms with van der Waals surface area (Å²) in [5.74, 6) is 0. The molecule has 1 aromatic heterocycles. The molecule has 0 aliphatic carbocycles. The Hall–Kier alpha value is -1.57. The van der Waals surface area contributed by atoms with E-state index >= 15 is 0 Å². The van der Waals surface area contributed by atoms with Gasteiger partial charge >= 0.3 is 0 Å². The fourth-order valence-corrected chi connectivity index (χ4v) is 1.02. The first-order chi connectivity index (χ1) is 9.21. The minimum Gasteiger partial charge on any atom is -0.693 e. The molecule has 10 N–H and O–H groups in total. The second-order valence-electron chi connectivity index (χ2n) is 2.50. The summed E-state index contributed by atoms with van der Waals surface area (Å²) >= 11 is 10.7. The van der Waals surface area contributed by atoms with Crippen molar-refractivity contribution in [3.63, 3.8) is 0 Å². The number of para-hydroxylation sites is 1. The molecule has 24 heavy (non-hydrogen) atoms. The van der Waals surface area contributed by atoms with Gasteiger partial charge in [-0.05, 0) is 36.6 Å². The van der Waals surface area contributed by atoms with Crippen LogP contribution in [-0.2, 0) is 17.1 Å². The van der Waals surface area contributed by atoms with Gasteiger partial charge in [-0.3, -0.25) is 4.98 Å². The molecule has 0 atom stereocenters. The number of aromatic nitrogens is 1. The average Bonchev–Trinajstić information content (AvgIpc) is 2.42. The van der Waals surface area contributed by atoms with Crippen LogP contribution in [0.25, 0.3) is 35.5 Å². The molecule has 0 aliphatic rings. The van der Waals surface area contributed by atoms with Crippen molar-refractivity contribution in [2.24, 2.45) is 0 Å². The van der Waals surface area contributed by atoms with Gasteiger partial charge in [-0.25, -0.2) is 10.8 Å². The van der Waals surface area contributed by atoms with E-state index < -0.39 is 0 Å². The molecule has 12 heteroatoms. The van der Waals surface area contributed by atoms with Crippen LogP contribution < -0.4 is 0 Å². The van der Waals surface area contributed by atoms with Crippen LogP contribution in [-0.4, -0.2) is 15.3 Å². The number of benzene rings is 1. The number of nitrogens with zero attached hydrogens (tertiary/aromatic N) is 2. The van der Waals surface area contributed by atoms with Crippen LogP contribution in [0.3, 0.4) is 0 Å². The smallest absolute Gasteiger partial charge is 0.130 e. The van der Waals surface area contributed by atoms with Crippen molar-refractivity contribution in [3.8, 4) is 5.40 Å².